The van der Waals surface area contributed by atoms with E-state index in [1.165, 1.54) is 18.5 Å². The SMILES string of the molecule is NNc1cncc(Nc2c(F)cccc2Br)n1. The van der Waals surface area contributed by atoms with Crippen molar-refractivity contribution < 1.29 is 4.39 Å². The third-order valence-corrected chi connectivity index (χ3v) is 2.66. The Morgan fingerprint density at radius 1 is 1.24 bits per heavy atom. The molecule has 0 aliphatic rings. The number of nitrogens with zero attached hydrogens (tertiary/aromatic N) is 2. The van der Waals surface area contributed by atoms with Crippen molar-refractivity contribution in [2.45, 2.75) is 0 Å². The molecule has 0 unspecified atom stereocenters. The van der Waals surface area contributed by atoms with Gasteiger partial charge in [0.05, 0.1) is 18.1 Å². The van der Waals surface area contributed by atoms with Crippen LogP contribution in [0.3, 0.4) is 0 Å². The standard InChI is InChI=1S/C10H9BrFN5/c11-6-2-1-3-7(12)10(6)16-8-4-14-5-9(15-8)17-13/h1-5H,13H2,(H2,15,16,17). The van der Waals surface area contributed by atoms with Gasteiger partial charge in [-0.25, -0.2) is 15.2 Å². The van der Waals surface area contributed by atoms with E-state index < -0.39 is 0 Å². The lowest BCUT2D eigenvalue weighted by Crippen LogP contribution is -2.09. The second kappa shape index (κ2) is 5.07. The van der Waals surface area contributed by atoms with Gasteiger partial charge in [0.25, 0.3) is 0 Å². The van der Waals surface area contributed by atoms with Crippen molar-refractivity contribution >= 4 is 33.3 Å². The summed E-state index contributed by atoms with van der Waals surface area (Å²) in [6, 6.07) is 4.68. The lowest BCUT2D eigenvalue weighted by atomic mass is 10.3. The summed E-state index contributed by atoms with van der Waals surface area (Å²) in [5, 5.41) is 2.82. The number of rotatable bonds is 3. The second-order valence-electron chi connectivity index (χ2n) is 3.16. The highest BCUT2D eigenvalue weighted by Gasteiger charge is 2.07. The maximum Gasteiger partial charge on any atom is 0.160 e. The van der Waals surface area contributed by atoms with Crippen LogP contribution in [-0.4, -0.2) is 9.97 Å². The molecule has 1 aromatic carbocycles. The fraction of sp³-hybridized carbons (Fsp3) is 0. The summed E-state index contributed by atoms with van der Waals surface area (Å²) in [5.41, 5.74) is 2.67. The number of para-hydroxylation sites is 1. The molecule has 5 nitrogen and oxygen atoms in total. The van der Waals surface area contributed by atoms with Gasteiger partial charge in [-0.1, -0.05) is 6.07 Å². The summed E-state index contributed by atoms with van der Waals surface area (Å²) in [6.07, 6.45) is 2.93. The highest BCUT2D eigenvalue weighted by Crippen LogP contribution is 2.27. The molecule has 88 valence electrons. The molecule has 7 heteroatoms. The van der Waals surface area contributed by atoms with Gasteiger partial charge >= 0.3 is 0 Å². The molecule has 0 fully saturated rings. The summed E-state index contributed by atoms with van der Waals surface area (Å²) in [7, 11) is 0. The number of nitrogens with two attached hydrogens (primary N) is 1. The average molecular weight is 298 g/mol. The van der Waals surface area contributed by atoms with Crippen molar-refractivity contribution in [2.75, 3.05) is 10.7 Å². The van der Waals surface area contributed by atoms with E-state index in [9.17, 15) is 4.39 Å². The smallest absolute Gasteiger partial charge is 0.160 e. The highest BCUT2D eigenvalue weighted by molar-refractivity contribution is 9.10. The Morgan fingerprint density at radius 2 is 2.00 bits per heavy atom. The molecule has 0 radical (unpaired) electrons. The van der Waals surface area contributed by atoms with E-state index in [0.29, 0.717) is 21.8 Å². The molecule has 0 saturated carbocycles. The molecule has 0 saturated heterocycles. The zero-order chi connectivity index (χ0) is 12.3. The van der Waals surface area contributed by atoms with Crippen molar-refractivity contribution in [3.8, 4) is 0 Å². The van der Waals surface area contributed by atoms with Gasteiger partial charge in [-0.2, -0.15) is 0 Å². The van der Waals surface area contributed by atoms with Crippen LogP contribution >= 0.6 is 15.9 Å². The number of anilines is 3. The number of hydrogen-bond donors (Lipinski definition) is 3. The zero-order valence-electron chi connectivity index (χ0n) is 8.61. The predicted molar refractivity (Wildman–Crippen MR) is 67.2 cm³/mol. The first kappa shape index (κ1) is 11.7. The van der Waals surface area contributed by atoms with Crippen LogP contribution < -0.4 is 16.6 Å². The monoisotopic (exact) mass is 297 g/mol. The topological polar surface area (TPSA) is 75.9 Å². The summed E-state index contributed by atoms with van der Waals surface area (Å²) in [6.45, 7) is 0. The molecule has 1 aromatic heterocycles. The molecule has 2 rings (SSSR count). The van der Waals surface area contributed by atoms with E-state index in [1.54, 1.807) is 12.1 Å². The first-order chi connectivity index (χ1) is 8.20. The number of halogens is 2. The molecule has 0 spiro atoms. The summed E-state index contributed by atoms with van der Waals surface area (Å²) in [5.74, 6) is 5.61. The van der Waals surface area contributed by atoms with Gasteiger partial charge in [0, 0.05) is 4.47 Å². The molecule has 4 N–H and O–H groups in total. The Morgan fingerprint density at radius 3 is 2.71 bits per heavy atom. The fourth-order valence-electron chi connectivity index (χ4n) is 1.24. The average Bonchev–Trinajstić information content (AvgIpc) is 2.34. The molecule has 0 amide bonds. The lowest BCUT2D eigenvalue weighted by Gasteiger charge is -2.09. The highest BCUT2D eigenvalue weighted by atomic mass is 79.9. The minimum Gasteiger partial charge on any atom is -0.336 e. The lowest BCUT2D eigenvalue weighted by molar-refractivity contribution is 0.631. The Hall–Kier alpha value is -1.73. The van der Waals surface area contributed by atoms with Crippen molar-refractivity contribution in [2.24, 2.45) is 5.84 Å². The zero-order valence-corrected chi connectivity index (χ0v) is 10.2. The first-order valence-corrected chi connectivity index (χ1v) is 5.49. The second-order valence-corrected chi connectivity index (χ2v) is 4.01. The van der Waals surface area contributed by atoms with E-state index in [1.807, 2.05) is 0 Å². The van der Waals surface area contributed by atoms with E-state index in [0.717, 1.165) is 0 Å². The molecule has 17 heavy (non-hydrogen) atoms. The van der Waals surface area contributed by atoms with Crippen LogP contribution in [0, 0.1) is 5.82 Å². The summed E-state index contributed by atoms with van der Waals surface area (Å²) in [4.78, 5) is 7.98. The number of nitrogens with one attached hydrogen (secondary N) is 2. The molecule has 0 aliphatic heterocycles. The summed E-state index contributed by atoms with van der Waals surface area (Å²) >= 11 is 3.25. The van der Waals surface area contributed by atoms with E-state index >= 15 is 0 Å². The van der Waals surface area contributed by atoms with Crippen LogP contribution in [0.15, 0.2) is 35.1 Å². The van der Waals surface area contributed by atoms with Crippen molar-refractivity contribution in [3.63, 3.8) is 0 Å². The van der Waals surface area contributed by atoms with Crippen LogP contribution in [0.2, 0.25) is 0 Å². The number of hydrazine groups is 1. The van der Waals surface area contributed by atoms with Gasteiger partial charge in [0.2, 0.25) is 0 Å². The Labute approximate surface area is 105 Å². The van der Waals surface area contributed by atoms with Gasteiger partial charge in [-0.15, -0.1) is 0 Å². The van der Waals surface area contributed by atoms with Crippen LogP contribution in [0.5, 0.6) is 0 Å². The molecule has 1 heterocycles. The van der Waals surface area contributed by atoms with Crippen molar-refractivity contribution in [3.05, 3.63) is 40.9 Å². The first-order valence-electron chi connectivity index (χ1n) is 4.70. The largest absolute Gasteiger partial charge is 0.336 e. The Bertz CT molecular complexity index is 514. The minimum atomic E-state index is -0.382. The van der Waals surface area contributed by atoms with Gasteiger partial charge in [0.15, 0.2) is 11.6 Å². The van der Waals surface area contributed by atoms with Gasteiger partial charge in [-0.05, 0) is 28.1 Å². The van der Waals surface area contributed by atoms with Gasteiger partial charge in [0.1, 0.15) is 5.82 Å². The van der Waals surface area contributed by atoms with Crippen LogP contribution in [0.4, 0.5) is 21.7 Å². The number of hydrogen-bond acceptors (Lipinski definition) is 5. The fourth-order valence-corrected chi connectivity index (χ4v) is 1.68. The minimum absolute atomic E-state index is 0.302. The normalized spacial score (nSPS) is 10.1. The van der Waals surface area contributed by atoms with Gasteiger partial charge in [-0.3, -0.25) is 4.98 Å². The van der Waals surface area contributed by atoms with E-state index in [4.69, 9.17) is 5.84 Å². The summed E-state index contributed by atoms with van der Waals surface area (Å²) < 4.78 is 14.1. The van der Waals surface area contributed by atoms with Gasteiger partial charge < -0.3 is 10.7 Å². The molecule has 0 atom stereocenters. The van der Waals surface area contributed by atoms with Crippen molar-refractivity contribution in [1.82, 2.24) is 9.97 Å². The van der Waals surface area contributed by atoms with Crippen LogP contribution in [-0.2, 0) is 0 Å². The predicted octanol–water partition coefficient (Wildman–Crippen LogP) is 2.41. The molecular weight excluding hydrogens is 289 g/mol. The number of benzene rings is 1. The third kappa shape index (κ3) is 2.69. The molecule has 0 bridgehead atoms. The molecule has 2 aromatic rings. The third-order valence-electron chi connectivity index (χ3n) is 2.00. The van der Waals surface area contributed by atoms with Crippen LogP contribution in [0.1, 0.15) is 0 Å². The molecule has 0 aliphatic carbocycles. The van der Waals surface area contributed by atoms with E-state index in [-0.39, 0.29) is 5.82 Å². The number of aromatic nitrogens is 2. The maximum atomic E-state index is 13.5. The van der Waals surface area contributed by atoms with E-state index in [2.05, 4.69) is 36.6 Å². The Kier molecular flexibility index (Phi) is 3.50. The quantitative estimate of drug-likeness (QED) is 0.599. The van der Waals surface area contributed by atoms with Crippen LogP contribution in [0.25, 0.3) is 0 Å². The maximum absolute atomic E-state index is 13.5. The number of nitrogen functional groups attached to an aromatic ring is 1. The van der Waals surface area contributed by atoms with Crippen molar-refractivity contribution in [1.29, 1.82) is 0 Å². The molecular formula is C10H9BrFN5. The Balaban J connectivity index is 2.31.